The van der Waals surface area contributed by atoms with Gasteiger partial charge in [0.05, 0.1) is 17.5 Å². The Labute approximate surface area is 200 Å². The first-order valence-electron chi connectivity index (χ1n) is 11.7. The number of nitrogens with zero attached hydrogens (tertiary/aromatic N) is 3. The third-order valence-electron chi connectivity index (χ3n) is 6.03. The smallest absolute Gasteiger partial charge is 0.207 e. The summed E-state index contributed by atoms with van der Waals surface area (Å²) >= 11 is 0. The summed E-state index contributed by atoms with van der Waals surface area (Å²) in [6.07, 6.45) is 5.18. The Hall–Kier alpha value is -4.04. The normalized spacial score (nSPS) is 15.3. The van der Waals surface area contributed by atoms with E-state index < -0.39 is 6.04 Å². The number of aromatic nitrogens is 1. The average Bonchev–Trinajstić information content (AvgIpc) is 2.89. The first kappa shape index (κ1) is 23.1. The molecule has 2 heterocycles. The number of ketones is 1. The number of carbonyl (C=O) groups excluding carboxylic acids is 1. The lowest BCUT2D eigenvalue weighted by molar-refractivity contribution is 0.0959. The van der Waals surface area contributed by atoms with E-state index in [1.54, 1.807) is 12.3 Å². The summed E-state index contributed by atoms with van der Waals surface area (Å²) < 4.78 is 0. The summed E-state index contributed by atoms with van der Waals surface area (Å²) in [6.45, 7) is 4.06. The van der Waals surface area contributed by atoms with Crippen molar-refractivity contribution in [2.24, 2.45) is 4.99 Å². The van der Waals surface area contributed by atoms with Crippen LogP contribution in [0.2, 0.25) is 0 Å². The van der Waals surface area contributed by atoms with Crippen molar-refractivity contribution in [3.8, 4) is 17.2 Å². The maximum Gasteiger partial charge on any atom is 0.207 e. The lowest BCUT2D eigenvalue weighted by Crippen LogP contribution is -2.45. The number of unbranched alkanes of at least 4 members (excludes halogenated alkanes) is 1. The maximum absolute atomic E-state index is 13.4. The lowest BCUT2D eigenvalue weighted by atomic mass is 9.89. The van der Waals surface area contributed by atoms with Gasteiger partial charge in [-0.25, -0.2) is 4.99 Å². The van der Waals surface area contributed by atoms with Gasteiger partial charge in [0.2, 0.25) is 5.78 Å². The zero-order valence-corrected chi connectivity index (χ0v) is 19.6. The molecule has 3 aromatic rings. The van der Waals surface area contributed by atoms with Crippen molar-refractivity contribution < 1.29 is 4.79 Å². The predicted molar refractivity (Wildman–Crippen MR) is 135 cm³/mol. The molecule has 0 fully saturated rings. The van der Waals surface area contributed by atoms with Gasteiger partial charge in [-0.3, -0.25) is 9.78 Å². The quantitative estimate of drug-likeness (QED) is 0.437. The van der Waals surface area contributed by atoms with Crippen molar-refractivity contribution in [1.29, 1.82) is 5.26 Å². The van der Waals surface area contributed by atoms with E-state index >= 15 is 0 Å². The van der Waals surface area contributed by atoms with E-state index in [4.69, 9.17) is 4.99 Å². The van der Waals surface area contributed by atoms with Crippen molar-refractivity contribution >= 4 is 11.6 Å². The number of hydrogen-bond donors (Lipinski definition) is 1. The molecule has 0 amide bonds. The number of Topliss-reactive ketones (excluding diaryl/α,β-unsaturated/α-hetero) is 1. The minimum Gasteiger partial charge on any atom is -0.360 e. The summed E-state index contributed by atoms with van der Waals surface area (Å²) in [5, 5.41) is 12.7. The molecular formula is C29H28N4O. The SMILES string of the molecule is CCCCC1=C(Cc2ccc(-c3ccccc3C#N)cc2)C(C(=O)c2ccccn2)NC(C)=N1. The molecule has 0 spiro atoms. The second-order valence-electron chi connectivity index (χ2n) is 8.46. The molecule has 5 heteroatoms. The molecule has 1 unspecified atom stereocenters. The molecule has 170 valence electrons. The van der Waals surface area contributed by atoms with Crippen LogP contribution in [0.3, 0.4) is 0 Å². The van der Waals surface area contributed by atoms with Crippen LogP contribution in [0.25, 0.3) is 11.1 Å². The van der Waals surface area contributed by atoms with Crippen LogP contribution in [0.1, 0.15) is 54.7 Å². The molecule has 0 saturated carbocycles. The van der Waals surface area contributed by atoms with Crippen LogP contribution in [-0.2, 0) is 6.42 Å². The molecule has 0 aliphatic carbocycles. The molecule has 4 rings (SSSR count). The first-order valence-corrected chi connectivity index (χ1v) is 11.7. The summed E-state index contributed by atoms with van der Waals surface area (Å²) in [4.78, 5) is 22.5. The topological polar surface area (TPSA) is 78.1 Å². The third-order valence-corrected chi connectivity index (χ3v) is 6.03. The Morgan fingerprint density at radius 2 is 1.82 bits per heavy atom. The van der Waals surface area contributed by atoms with E-state index in [2.05, 4.69) is 35.4 Å². The van der Waals surface area contributed by atoms with E-state index in [1.165, 1.54) is 0 Å². The number of allylic oxidation sites excluding steroid dienone is 1. The number of aliphatic imine (C=N–C) groups is 1. The Morgan fingerprint density at radius 3 is 2.53 bits per heavy atom. The van der Waals surface area contributed by atoms with Gasteiger partial charge in [-0.15, -0.1) is 0 Å². The fraction of sp³-hybridized carbons (Fsp3) is 0.241. The van der Waals surface area contributed by atoms with E-state index in [9.17, 15) is 10.1 Å². The maximum atomic E-state index is 13.4. The predicted octanol–water partition coefficient (Wildman–Crippen LogP) is 5.88. The van der Waals surface area contributed by atoms with Gasteiger partial charge in [-0.05, 0) is 66.6 Å². The van der Waals surface area contributed by atoms with E-state index in [0.29, 0.717) is 17.7 Å². The van der Waals surface area contributed by atoms with Gasteiger partial charge in [0, 0.05) is 11.9 Å². The van der Waals surface area contributed by atoms with Crippen molar-refractivity contribution in [2.75, 3.05) is 0 Å². The Balaban J connectivity index is 1.67. The second kappa shape index (κ2) is 10.7. The molecule has 1 aliphatic heterocycles. The van der Waals surface area contributed by atoms with Crippen LogP contribution in [0.5, 0.6) is 0 Å². The molecule has 1 aliphatic rings. The van der Waals surface area contributed by atoms with Gasteiger partial charge in [-0.2, -0.15) is 5.26 Å². The molecule has 5 nitrogen and oxygen atoms in total. The minimum atomic E-state index is -0.488. The number of nitrogens with one attached hydrogen (secondary N) is 1. The average molecular weight is 449 g/mol. The van der Waals surface area contributed by atoms with Crippen LogP contribution in [0.4, 0.5) is 0 Å². The van der Waals surface area contributed by atoms with Gasteiger partial charge < -0.3 is 5.32 Å². The second-order valence-corrected chi connectivity index (χ2v) is 8.46. The first-order chi connectivity index (χ1) is 16.6. The van der Waals surface area contributed by atoms with Crippen LogP contribution >= 0.6 is 0 Å². The molecule has 0 bridgehead atoms. The minimum absolute atomic E-state index is 0.0431. The number of rotatable bonds is 8. The number of amidine groups is 1. The van der Waals surface area contributed by atoms with Crippen LogP contribution in [0.15, 0.2) is 89.2 Å². The number of benzene rings is 2. The molecular weight excluding hydrogens is 420 g/mol. The van der Waals surface area contributed by atoms with Gasteiger partial charge in [0.25, 0.3) is 0 Å². The Kier molecular flexibility index (Phi) is 7.29. The molecule has 2 aromatic carbocycles. The molecule has 0 radical (unpaired) electrons. The van der Waals surface area contributed by atoms with Gasteiger partial charge in [0.15, 0.2) is 0 Å². The largest absolute Gasteiger partial charge is 0.360 e. The summed E-state index contributed by atoms with van der Waals surface area (Å²) in [5.74, 6) is 0.714. The molecule has 34 heavy (non-hydrogen) atoms. The highest BCUT2D eigenvalue weighted by atomic mass is 16.1. The van der Waals surface area contributed by atoms with Gasteiger partial charge in [-0.1, -0.05) is 61.9 Å². The Morgan fingerprint density at radius 1 is 1.06 bits per heavy atom. The third kappa shape index (κ3) is 5.13. The van der Waals surface area contributed by atoms with E-state index in [-0.39, 0.29) is 5.78 Å². The van der Waals surface area contributed by atoms with Crippen molar-refractivity contribution in [3.63, 3.8) is 0 Å². The summed E-state index contributed by atoms with van der Waals surface area (Å²) in [5.41, 5.74) is 6.11. The van der Waals surface area contributed by atoms with Crippen LogP contribution < -0.4 is 5.32 Å². The van der Waals surface area contributed by atoms with Crippen LogP contribution in [0, 0.1) is 11.3 Å². The fourth-order valence-corrected chi connectivity index (χ4v) is 4.27. The standard InChI is InChI=1S/C29H28N4O/c1-3-4-11-26-25(28(33-20(2)32-26)29(34)27-12-7-8-17-31-27)18-21-13-15-22(16-14-21)24-10-6-5-9-23(24)19-30/h5-10,12-17,28H,3-4,11,18H2,1-2H3,(H,32,33). The van der Waals surface area contributed by atoms with Crippen molar-refractivity contribution in [1.82, 2.24) is 10.3 Å². The highest BCUT2D eigenvalue weighted by molar-refractivity contribution is 6.03. The monoisotopic (exact) mass is 448 g/mol. The highest BCUT2D eigenvalue weighted by Gasteiger charge is 2.30. The van der Waals surface area contributed by atoms with Gasteiger partial charge >= 0.3 is 0 Å². The van der Waals surface area contributed by atoms with Gasteiger partial charge in [0.1, 0.15) is 11.7 Å². The van der Waals surface area contributed by atoms with Crippen LogP contribution in [-0.4, -0.2) is 22.6 Å². The molecule has 1 N–H and O–H groups in total. The van der Waals surface area contributed by atoms with E-state index in [0.717, 1.165) is 53.1 Å². The number of pyridine rings is 1. The van der Waals surface area contributed by atoms with Crippen molar-refractivity contribution in [2.45, 2.75) is 45.6 Å². The summed E-state index contributed by atoms with van der Waals surface area (Å²) in [6, 6.07) is 23.0. The Bertz CT molecular complexity index is 1270. The zero-order chi connectivity index (χ0) is 23.9. The molecule has 1 atom stereocenters. The highest BCUT2D eigenvalue weighted by Crippen LogP contribution is 2.28. The van der Waals surface area contributed by atoms with Crippen molar-refractivity contribution in [3.05, 3.63) is 101 Å². The molecule has 1 aromatic heterocycles. The molecule has 0 saturated heterocycles. The fourth-order valence-electron chi connectivity index (χ4n) is 4.27. The van der Waals surface area contributed by atoms with E-state index in [1.807, 2.05) is 55.5 Å². The number of hydrogen-bond acceptors (Lipinski definition) is 5. The lowest BCUT2D eigenvalue weighted by Gasteiger charge is -2.28. The zero-order valence-electron chi connectivity index (χ0n) is 19.6. The number of nitriles is 1. The summed E-state index contributed by atoms with van der Waals surface area (Å²) in [7, 11) is 0. The number of carbonyl (C=O) groups is 1.